The molecular weight excluding hydrogens is 268 g/mol. The molecule has 1 aliphatic rings. The van der Waals surface area contributed by atoms with E-state index in [1.807, 2.05) is 0 Å². The predicted octanol–water partition coefficient (Wildman–Crippen LogP) is 1.15. The number of H-pyrrole nitrogens is 1. The number of amides is 1. The Hall–Kier alpha value is -1.56. The van der Waals surface area contributed by atoms with Gasteiger partial charge in [-0.3, -0.25) is 9.59 Å². The number of rotatable bonds is 2. The van der Waals surface area contributed by atoms with E-state index in [4.69, 9.17) is 11.6 Å². The Balaban J connectivity index is 2.13. The van der Waals surface area contributed by atoms with Crippen LogP contribution in [0.3, 0.4) is 0 Å². The zero-order valence-electron chi connectivity index (χ0n) is 11.0. The molecule has 0 aromatic carbocycles. The van der Waals surface area contributed by atoms with Gasteiger partial charge in [-0.1, -0.05) is 11.6 Å². The van der Waals surface area contributed by atoms with E-state index in [0.717, 1.165) is 19.4 Å². The SMILES string of the molecule is CC(=O)N1CCCC(Nc2nc(C)[nH]c(=O)c2Cl)C1. The second kappa shape index (κ2) is 5.61. The Labute approximate surface area is 116 Å². The van der Waals surface area contributed by atoms with Crippen molar-refractivity contribution in [2.45, 2.75) is 32.7 Å². The van der Waals surface area contributed by atoms with Crippen molar-refractivity contribution in [2.24, 2.45) is 0 Å². The van der Waals surface area contributed by atoms with Crippen LogP contribution in [0.15, 0.2) is 4.79 Å². The fourth-order valence-electron chi connectivity index (χ4n) is 2.24. The minimum atomic E-state index is -0.351. The first-order chi connectivity index (χ1) is 8.97. The third-order valence-electron chi connectivity index (χ3n) is 3.19. The molecule has 1 atom stereocenters. The molecule has 1 amide bonds. The van der Waals surface area contributed by atoms with Gasteiger partial charge in [0.1, 0.15) is 10.8 Å². The van der Waals surface area contributed by atoms with Crippen LogP contribution in [0, 0.1) is 6.92 Å². The maximum absolute atomic E-state index is 11.5. The van der Waals surface area contributed by atoms with Gasteiger partial charge in [0.2, 0.25) is 5.91 Å². The number of nitrogens with zero attached hydrogens (tertiary/aromatic N) is 2. The summed E-state index contributed by atoms with van der Waals surface area (Å²) in [7, 11) is 0. The number of aromatic nitrogens is 2. The first-order valence-corrected chi connectivity index (χ1v) is 6.63. The molecule has 1 fully saturated rings. The van der Waals surface area contributed by atoms with E-state index >= 15 is 0 Å². The number of aryl methyl sites for hydroxylation is 1. The smallest absolute Gasteiger partial charge is 0.271 e. The molecule has 7 heteroatoms. The quantitative estimate of drug-likeness (QED) is 0.854. The average molecular weight is 285 g/mol. The maximum atomic E-state index is 11.5. The van der Waals surface area contributed by atoms with E-state index < -0.39 is 0 Å². The Bertz CT molecular complexity index is 543. The normalized spacial score (nSPS) is 19.3. The van der Waals surface area contributed by atoms with E-state index in [1.165, 1.54) is 0 Å². The Kier molecular flexibility index (Phi) is 4.09. The minimum Gasteiger partial charge on any atom is -0.364 e. The number of piperidine rings is 1. The predicted molar refractivity (Wildman–Crippen MR) is 73.5 cm³/mol. The van der Waals surface area contributed by atoms with Crippen molar-refractivity contribution >= 4 is 23.3 Å². The number of hydrogen-bond donors (Lipinski definition) is 2. The van der Waals surface area contributed by atoms with Gasteiger partial charge in [0.15, 0.2) is 5.82 Å². The number of anilines is 1. The number of aromatic amines is 1. The molecule has 1 unspecified atom stereocenters. The fourth-order valence-corrected chi connectivity index (χ4v) is 2.39. The van der Waals surface area contributed by atoms with Gasteiger partial charge >= 0.3 is 0 Å². The summed E-state index contributed by atoms with van der Waals surface area (Å²) < 4.78 is 0. The van der Waals surface area contributed by atoms with Crippen molar-refractivity contribution in [1.82, 2.24) is 14.9 Å². The van der Waals surface area contributed by atoms with Gasteiger partial charge in [-0.15, -0.1) is 0 Å². The zero-order valence-corrected chi connectivity index (χ0v) is 11.8. The first-order valence-electron chi connectivity index (χ1n) is 6.26. The molecule has 2 N–H and O–H groups in total. The summed E-state index contributed by atoms with van der Waals surface area (Å²) in [6, 6.07) is 0.0730. The van der Waals surface area contributed by atoms with Crippen LogP contribution >= 0.6 is 11.6 Å². The van der Waals surface area contributed by atoms with Gasteiger partial charge in [0.05, 0.1) is 0 Å². The standard InChI is InChI=1S/C12H17ClN4O2/c1-7-14-11(10(13)12(19)15-7)16-9-4-3-5-17(6-9)8(2)18/h9H,3-6H2,1-2H3,(H2,14,15,16,19). The molecule has 0 aliphatic carbocycles. The summed E-state index contributed by atoms with van der Waals surface area (Å²) in [5, 5.41) is 3.22. The second-order valence-corrected chi connectivity index (χ2v) is 5.14. The summed E-state index contributed by atoms with van der Waals surface area (Å²) in [4.78, 5) is 31.4. The van der Waals surface area contributed by atoms with Gasteiger partial charge < -0.3 is 15.2 Å². The van der Waals surface area contributed by atoms with Crippen LogP contribution in [0.25, 0.3) is 0 Å². The molecule has 1 saturated heterocycles. The largest absolute Gasteiger partial charge is 0.364 e. The molecule has 6 nitrogen and oxygen atoms in total. The lowest BCUT2D eigenvalue weighted by Crippen LogP contribution is -2.44. The van der Waals surface area contributed by atoms with Gasteiger partial charge in [-0.2, -0.15) is 0 Å². The first kappa shape index (κ1) is 13.9. The highest BCUT2D eigenvalue weighted by Crippen LogP contribution is 2.19. The number of nitrogens with one attached hydrogen (secondary N) is 2. The van der Waals surface area contributed by atoms with Crippen LogP contribution in [0.2, 0.25) is 5.02 Å². The fraction of sp³-hybridized carbons (Fsp3) is 0.583. The number of carbonyl (C=O) groups is 1. The lowest BCUT2D eigenvalue weighted by Gasteiger charge is -2.32. The highest BCUT2D eigenvalue weighted by Gasteiger charge is 2.22. The van der Waals surface area contributed by atoms with Gasteiger partial charge in [0.25, 0.3) is 5.56 Å². The van der Waals surface area contributed by atoms with Crippen molar-refractivity contribution in [2.75, 3.05) is 18.4 Å². The van der Waals surface area contributed by atoms with Crippen LogP contribution in [0.4, 0.5) is 5.82 Å². The molecule has 0 saturated carbocycles. The van der Waals surface area contributed by atoms with Crippen molar-refractivity contribution in [3.63, 3.8) is 0 Å². The third kappa shape index (κ3) is 3.26. The molecule has 2 rings (SSSR count). The van der Waals surface area contributed by atoms with Gasteiger partial charge in [-0.25, -0.2) is 4.98 Å². The zero-order chi connectivity index (χ0) is 14.0. The van der Waals surface area contributed by atoms with Crippen molar-refractivity contribution in [1.29, 1.82) is 0 Å². The minimum absolute atomic E-state index is 0.0607. The maximum Gasteiger partial charge on any atom is 0.271 e. The molecule has 2 heterocycles. The van der Waals surface area contributed by atoms with Crippen LogP contribution in [-0.2, 0) is 4.79 Å². The van der Waals surface area contributed by atoms with E-state index in [2.05, 4.69) is 15.3 Å². The molecule has 1 aliphatic heterocycles. The highest BCUT2D eigenvalue weighted by atomic mass is 35.5. The Morgan fingerprint density at radius 3 is 3.00 bits per heavy atom. The summed E-state index contributed by atoms with van der Waals surface area (Å²) >= 11 is 5.93. The van der Waals surface area contributed by atoms with E-state index in [1.54, 1.807) is 18.7 Å². The van der Waals surface area contributed by atoms with Crippen LogP contribution in [0.5, 0.6) is 0 Å². The third-order valence-corrected chi connectivity index (χ3v) is 3.54. The molecule has 0 radical (unpaired) electrons. The number of halogens is 1. The molecule has 1 aromatic rings. The van der Waals surface area contributed by atoms with Crippen molar-refractivity contribution in [3.05, 3.63) is 21.2 Å². The Morgan fingerprint density at radius 2 is 2.32 bits per heavy atom. The summed E-state index contributed by atoms with van der Waals surface area (Å²) in [6.45, 7) is 4.65. The molecule has 104 valence electrons. The second-order valence-electron chi connectivity index (χ2n) is 4.76. The van der Waals surface area contributed by atoms with E-state index in [9.17, 15) is 9.59 Å². The van der Waals surface area contributed by atoms with Crippen LogP contribution < -0.4 is 10.9 Å². The van der Waals surface area contributed by atoms with Crippen molar-refractivity contribution in [3.8, 4) is 0 Å². The molecule has 1 aromatic heterocycles. The lowest BCUT2D eigenvalue weighted by atomic mass is 10.1. The lowest BCUT2D eigenvalue weighted by molar-refractivity contribution is -0.129. The Morgan fingerprint density at radius 1 is 1.58 bits per heavy atom. The van der Waals surface area contributed by atoms with Crippen LogP contribution in [0.1, 0.15) is 25.6 Å². The van der Waals surface area contributed by atoms with Gasteiger partial charge in [0, 0.05) is 26.1 Å². The molecule has 19 heavy (non-hydrogen) atoms. The monoisotopic (exact) mass is 284 g/mol. The average Bonchev–Trinajstić information content (AvgIpc) is 2.35. The summed E-state index contributed by atoms with van der Waals surface area (Å²) in [5.41, 5.74) is -0.351. The highest BCUT2D eigenvalue weighted by molar-refractivity contribution is 6.32. The number of likely N-dealkylation sites (tertiary alicyclic amines) is 1. The topological polar surface area (TPSA) is 78.1 Å². The summed E-state index contributed by atoms with van der Waals surface area (Å²) in [6.07, 6.45) is 1.85. The van der Waals surface area contributed by atoms with Gasteiger partial charge in [-0.05, 0) is 19.8 Å². The van der Waals surface area contributed by atoms with E-state index in [-0.39, 0.29) is 22.5 Å². The van der Waals surface area contributed by atoms with Crippen molar-refractivity contribution < 1.29 is 4.79 Å². The molecule has 0 bridgehead atoms. The summed E-state index contributed by atoms with van der Waals surface area (Å²) in [5.74, 6) is 0.960. The molecule has 0 spiro atoms. The van der Waals surface area contributed by atoms with Crippen LogP contribution in [-0.4, -0.2) is 39.9 Å². The number of carbonyl (C=O) groups excluding carboxylic acids is 1. The number of hydrogen-bond acceptors (Lipinski definition) is 4. The van der Waals surface area contributed by atoms with E-state index in [0.29, 0.717) is 18.2 Å². The molecular formula is C12H17ClN4O2.